The maximum atomic E-state index is 12.5. The van der Waals surface area contributed by atoms with Crippen LogP contribution in [-0.4, -0.2) is 43.2 Å². The Kier molecular flexibility index (Phi) is 6.23. The lowest BCUT2D eigenvalue weighted by atomic mass is 10.2. The lowest BCUT2D eigenvalue weighted by Gasteiger charge is -2.19. The summed E-state index contributed by atoms with van der Waals surface area (Å²) in [7, 11) is 1.74. The average molecular weight is 409 g/mol. The van der Waals surface area contributed by atoms with Gasteiger partial charge in [0.25, 0.3) is 5.56 Å². The van der Waals surface area contributed by atoms with Gasteiger partial charge in [0.2, 0.25) is 5.91 Å². The minimum absolute atomic E-state index is 0.131. The number of hydrogen-bond donors (Lipinski definition) is 1. The molecule has 0 spiro atoms. The summed E-state index contributed by atoms with van der Waals surface area (Å²) in [5.41, 5.74) is 2.39. The van der Waals surface area contributed by atoms with Crippen molar-refractivity contribution in [1.82, 2.24) is 24.2 Å². The number of aryl methyl sites for hydroxylation is 2. The van der Waals surface area contributed by atoms with Crippen molar-refractivity contribution in [3.8, 4) is 0 Å². The SMILES string of the molecule is Cn1ncc2c(=O)n(CCC(=O)Nc3ccc(CN4CCCCCC4)cc3)cnc21. The van der Waals surface area contributed by atoms with E-state index in [1.807, 2.05) is 12.1 Å². The van der Waals surface area contributed by atoms with E-state index in [1.165, 1.54) is 48.3 Å². The molecule has 0 atom stereocenters. The van der Waals surface area contributed by atoms with Crippen LogP contribution in [0.1, 0.15) is 37.7 Å². The van der Waals surface area contributed by atoms with Crippen molar-refractivity contribution in [1.29, 1.82) is 0 Å². The Morgan fingerprint density at radius 1 is 1.10 bits per heavy atom. The molecule has 0 radical (unpaired) electrons. The number of nitrogens with zero attached hydrogens (tertiary/aromatic N) is 5. The summed E-state index contributed by atoms with van der Waals surface area (Å²) in [4.78, 5) is 31.6. The van der Waals surface area contributed by atoms with Crippen LogP contribution >= 0.6 is 0 Å². The van der Waals surface area contributed by atoms with Crippen LogP contribution in [0.25, 0.3) is 11.0 Å². The van der Waals surface area contributed by atoms with E-state index in [1.54, 1.807) is 11.7 Å². The fourth-order valence-electron chi connectivity index (χ4n) is 3.92. The number of rotatable bonds is 6. The van der Waals surface area contributed by atoms with Crippen LogP contribution in [0, 0.1) is 0 Å². The number of amides is 1. The number of fused-ring (bicyclic) bond motifs is 1. The Hall–Kier alpha value is -3.00. The average Bonchev–Trinajstić information content (AvgIpc) is 2.95. The van der Waals surface area contributed by atoms with Gasteiger partial charge in [-0.3, -0.25) is 23.7 Å². The molecule has 2 aromatic heterocycles. The van der Waals surface area contributed by atoms with E-state index in [0.717, 1.165) is 25.3 Å². The summed E-state index contributed by atoms with van der Waals surface area (Å²) < 4.78 is 3.01. The van der Waals surface area contributed by atoms with E-state index >= 15 is 0 Å². The molecule has 1 saturated heterocycles. The van der Waals surface area contributed by atoms with E-state index in [-0.39, 0.29) is 24.4 Å². The molecule has 158 valence electrons. The second-order valence-electron chi connectivity index (χ2n) is 7.93. The largest absolute Gasteiger partial charge is 0.326 e. The molecular formula is C22H28N6O2. The number of nitrogens with one attached hydrogen (secondary N) is 1. The number of hydrogen-bond acceptors (Lipinski definition) is 5. The predicted molar refractivity (Wildman–Crippen MR) is 116 cm³/mol. The van der Waals surface area contributed by atoms with Gasteiger partial charge in [0.1, 0.15) is 5.39 Å². The second-order valence-corrected chi connectivity index (χ2v) is 7.93. The Labute approximate surface area is 175 Å². The molecule has 0 saturated carbocycles. The Bertz CT molecular complexity index is 1060. The monoisotopic (exact) mass is 408 g/mol. The molecule has 0 aliphatic carbocycles. The van der Waals surface area contributed by atoms with Crippen molar-refractivity contribution >= 4 is 22.6 Å². The molecule has 8 heteroatoms. The summed E-state index contributed by atoms with van der Waals surface area (Å²) in [6.45, 7) is 3.56. The molecule has 30 heavy (non-hydrogen) atoms. The summed E-state index contributed by atoms with van der Waals surface area (Å²) in [6, 6.07) is 8.04. The van der Waals surface area contributed by atoms with Crippen LogP contribution < -0.4 is 10.9 Å². The molecular weight excluding hydrogens is 380 g/mol. The topological polar surface area (TPSA) is 85.0 Å². The molecule has 4 rings (SSSR count). The summed E-state index contributed by atoms with van der Waals surface area (Å²) in [5, 5.41) is 7.42. The van der Waals surface area contributed by atoms with Crippen molar-refractivity contribution in [2.45, 2.75) is 45.2 Å². The Morgan fingerprint density at radius 3 is 2.57 bits per heavy atom. The lowest BCUT2D eigenvalue weighted by Crippen LogP contribution is -2.24. The van der Waals surface area contributed by atoms with E-state index < -0.39 is 0 Å². The van der Waals surface area contributed by atoms with Crippen LogP contribution in [0.3, 0.4) is 0 Å². The third kappa shape index (κ3) is 4.76. The van der Waals surface area contributed by atoms with E-state index in [9.17, 15) is 9.59 Å². The predicted octanol–water partition coefficient (Wildman–Crippen LogP) is 2.53. The van der Waals surface area contributed by atoms with E-state index in [4.69, 9.17) is 0 Å². The van der Waals surface area contributed by atoms with Gasteiger partial charge in [-0.15, -0.1) is 0 Å². The van der Waals surface area contributed by atoms with Gasteiger partial charge in [-0.25, -0.2) is 4.98 Å². The number of likely N-dealkylation sites (tertiary alicyclic amines) is 1. The van der Waals surface area contributed by atoms with Gasteiger partial charge in [0.05, 0.1) is 12.5 Å². The van der Waals surface area contributed by atoms with Crippen molar-refractivity contribution < 1.29 is 4.79 Å². The van der Waals surface area contributed by atoms with Crippen LogP contribution in [-0.2, 0) is 24.9 Å². The van der Waals surface area contributed by atoms with Gasteiger partial charge in [-0.05, 0) is 43.6 Å². The third-order valence-corrected chi connectivity index (χ3v) is 5.64. The van der Waals surface area contributed by atoms with Crippen molar-refractivity contribution in [3.05, 3.63) is 52.7 Å². The minimum atomic E-state index is -0.182. The maximum Gasteiger partial charge on any atom is 0.264 e. The molecule has 1 aliphatic rings. The number of benzene rings is 1. The molecule has 8 nitrogen and oxygen atoms in total. The molecule has 1 aromatic carbocycles. The number of carbonyl (C=O) groups is 1. The second kappa shape index (κ2) is 9.21. The van der Waals surface area contributed by atoms with E-state index in [0.29, 0.717) is 11.0 Å². The summed E-state index contributed by atoms with van der Waals surface area (Å²) in [5.74, 6) is -0.131. The van der Waals surface area contributed by atoms with Gasteiger partial charge in [-0.2, -0.15) is 5.10 Å². The molecule has 1 aliphatic heterocycles. The minimum Gasteiger partial charge on any atom is -0.326 e. The zero-order chi connectivity index (χ0) is 20.9. The standard InChI is InChI=1S/C22H28N6O2/c1-26-21-19(14-24-26)22(30)28(16-23-21)13-10-20(29)25-18-8-6-17(7-9-18)15-27-11-4-2-3-5-12-27/h6-9,14,16H,2-5,10-13,15H2,1H3,(H,25,29). The smallest absolute Gasteiger partial charge is 0.264 e. The first kappa shape index (κ1) is 20.3. The highest BCUT2D eigenvalue weighted by Gasteiger charge is 2.11. The summed E-state index contributed by atoms with van der Waals surface area (Å²) >= 11 is 0. The van der Waals surface area contributed by atoms with Crippen molar-refractivity contribution in [2.75, 3.05) is 18.4 Å². The summed E-state index contributed by atoms with van der Waals surface area (Å²) in [6.07, 6.45) is 8.40. The van der Waals surface area contributed by atoms with Gasteiger partial charge in [0.15, 0.2) is 5.65 Å². The third-order valence-electron chi connectivity index (χ3n) is 5.64. The Balaban J connectivity index is 1.31. The normalized spacial score (nSPS) is 15.2. The Morgan fingerprint density at radius 2 is 1.83 bits per heavy atom. The number of anilines is 1. The van der Waals surface area contributed by atoms with Crippen molar-refractivity contribution in [2.24, 2.45) is 7.05 Å². The van der Waals surface area contributed by atoms with Crippen LogP contribution in [0.4, 0.5) is 5.69 Å². The first-order valence-electron chi connectivity index (χ1n) is 10.6. The molecule has 1 fully saturated rings. The zero-order valence-corrected chi connectivity index (χ0v) is 17.4. The molecule has 3 aromatic rings. The fraction of sp³-hybridized carbons (Fsp3) is 0.455. The molecule has 0 bridgehead atoms. The first-order chi connectivity index (χ1) is 14.6. The van der Waals surface area contributed by atoms with Gasteiger partial charge in [-0.1, -0.05) is 25.0 Å². The highest BCUT2D eigenvalue weighted by molar-refractivity contribution is 5.90. The first-order valence-corrected chi connectivity index (χ1v) is 10.6. The highest BCUT2D eigenvalue weighted by Crippen LogP contribution is 2.15. The quantitative estimate of drug-likeness (QED) is 0.678. The molecule has 1 N–H and O–H groups in total. The van der Waals surface area contributed by atoms with Gasteiger partial charge in [0, 0.05) is 32.2 Å². The molecule has 1 amide bonds. The van der Waals surface area contributed by atoms with Gasteiger partial charge >= 0.3 is 0 Å². The molecule has 3 heterocycles. The highest BCUT2D eigenvalue weighted by atomic mass is 16.2. The lowest BCUT2D eigenvalue weighted by molar-refractivity contribution is -0.116. The van der Waals surface area contributed by atoms with Crippen LogP contribution in [0.5, 0.6) is 0 Å². The van der Waals surface area contributed by atoms with Crippen LogP contribution in [0.15, 0.2) is 41.6 Å². The van der Waals surface area contributed by atoms with Crippen LogP contribution in [0.2, 0.25) is 0 Å². The number of aromatic nitrogens is 4. The zero-order valence-electron chi connectivity index (χ0n) is 17.4. The van der Waals surface area contributed by atoms with E-state index in [2.05, 4.69) is 32.4 Å². The molecule has 0 unspecified atom stereocenters. The number of carbonyl (C=O) groups excluding carboxylic acids is 1. The maximum absolute atomic E-state index is 12.5. The van der Waals surface area contributed by atoms with Gasteiger partial charge < -0.3 is 5.32 Å². The van der Waals surface area contributed by atoms with Crippen molar-refractivity contribution in [3.63, 3.8) is 0 Å². The fourth-order valence-corrected chi connectivity index (χ4v) is 3.92.